The molecule has 1 unspecified atom stereocenters. The molecular formula is C18H25NO4. The second-order valence-corrected chi connectivity index (χ2v) is 6.72. The third kappa shape index (κ3) is 3.55. The SMILES string of the molecule is Cc1ccccc1C1(C(=O)NCC(C)(O)C(=O)O)CCCCC1. The number of carboxylic acids is 1. The Hall–Kier alpha value is -1.88. The molecule has 23 heavy (non-hydrogen) atoms. The first-order valence-corrected chi connectivity index (χ1v) is 8.10. The highest BCUT2D eigenvalue weighted by molar-refractivity contribution is 5.89. The predicted octanol–water partition coefficient (Wildman–Crippen LogP) is 2.15. The van der Waals surface area contributed by atoms with Crippen molar-refractivity contribution in [1.29, 1.82) is 0 Å². The number of amides is 1. The number of benzene rings is 1. The van der Waals surface area contributed by atoms with E-state index >= 15 is 0 Å². The largest absolute Gasteiger partial charge is 0.479 e. The number of aryl methyl sites for hydroxylation is 1. The number of rotatable bonds is 5. The predicted molar refractivity (Wildman–Crippen MR) is 87.2 cm³/mol. The highest BCUT2D eigenvalue weighted by Gasteiger charge is 2.43. The average Bonchev–Trinajstić information content (AvgIpc) is 2.53. The van der Waals surface area contributed by atoms with Crippen molar-refractivity contribution < 1.29 is 19.8 Å². The number of carboxylic acid groups (broad SMARTS) is 1. The summed E-state index contributed by atoms with van der Waals surface area (Å²) in [4.78, 5) is 23.9. The van der Waals surface area contributed by atoms with Gasteiger partial charge in [-0.25, -0.2) is 4.79 Å². The molecule has 0 aliphatic heterocycles. The zero-order chi connectivity index (χ0) is 17.1. The van der Waals surface area contributed by atoms with Crippen LogP contribution in [0.3, 0.4) is 0 Å². The number of hydrogen-bond acceptors (Lipinski definition) is 3. The first-order valence-electron chi connectivity index (χ1n) is 8.10. The first kappa shape index (κ1) is 17.5. The Balaban J connectivity index is 2.27. The maximum atomic E-state index is 12.9. The van der Waals surface area contributed by atoms with Crippen LogP contribution in [0.5, 0.6) is 0 Å². The summed E-state index contributed by atoms with van der Waals surface area (Å²) in [5, 5.41) is 21.5. The minimum Gasteiger partial charge on any atom is -0.479 e. The minimum atomic E-state index is -1.96. The fraction of sp³-hybridized carbons (Fsp3) is 0.556. The highest BCUT2D eigenvalue weighted by Crippen LogP contribution is 2.41. The van der Waals surface area contributed by atoms with E-state index < -0.39 is 17.0 Å². The van der Waals surface area contributed by atoms with E-state index in [0.29, 0.717) is 0 Å². The van der Waals surface area contributed by atoms with Gasteiger partial charge in [-0.15, -0.1) is 0 Å². The van der Waals surface area contributed by atoms with Crippen molar-refractivity contribution in [3.8, 4) is 0 Å². The van der Waals surface area contributed by atoms with Crippen LogP contribution >= 0.6 is 0 Å². The van der Waals surface area contributed by atoms with Crippen molar-refractivity contribution in [1.82, 2.24) is 5.32 Å². The van der Waals surface area contributed by atoms with Crippen LogP contribution in [-0.4, -0.2) is 34.2 Å². The Labute approximate surface area is 136 Å². The van der Waals surface area contributed by atoms with Crippen molar-refractivity contribution >= 4 is 11.9 Å². The van der Waals surface area contributed by atoms with Gasteiger partial charge in [-0.05, 0) is 37.8 Å². The normalized spacial score (nSPS) is 19.6. The maximum absolute atomic E-state index is 12.9. The molecule has 5 nitrogen and oxygen atoms in total. The molecule has 1 aliphatic carbocycles. The van der Waals surface area contributed by atoms with E-state index in [-0.39, 0.29) is 12.5 Å². The number of aliphatic carboxylic acids is 1. The van der Waals surface area contributed by atoms with E-state index in [1.807, 2.05) is 31.2 Å². The van der Waals surface area contributed by atoms with Crippen LogP contribution in [0.1, 0.15) is 50.2 Å². The Kier molecular flexibility index (Phi) is 5.09. The zero-order valence-electron chi connectivity index (χ0n) is 13.8. The topological polar surface area (TPSA) is 86.6 Å². The second kappa shape index (κ2) is 6.71. The van der Waals surface area contributed by atoms with Gasteiger partial charge >= 0.3 is 5.97 Å². The van der Waals surface area contributed by atoms with E-state index in [9.17, 15) is 14.7 Å². The summed E-state index contributed by atoms with van der Waals surface area (Å²) in [5.74, 6) is -1.53. The van der Waals surface area contributed by atoms with Gasteiger partial charge in [-0.3, -0.25) is 4.79 Å². The lowest BCUT2D eigenvalue weighted by Crippen LogP contribution is -2.52. The second-order valence-electron chi connectivity index (χ2n) is 6.72. The number of nitrogens with one attached hydrogen (secondary N) is 1. The van der Waals surface area contributed by atoms with Crippen LogP contribution < -0.4 is 5.32 Å². The Morgan fingerprint density at radius 2 is 1.83 bits per heavy atom. The molecule has 0 radical (unpaired) electrons. The maximum Gasteiger partial charge on any atom is 0.337 e. The number of carbonyl (C=O) groups excluding carboxylic acids is 1. The quantitative estimate of drug-likeness (QED) is 0.776. The van der Waals surface area contributed by atoms with Gasteiger partial charge in [-0.2, -0.15) is 0 Å². The summed E-state index contributed by atoms with van der Waals surface area (Å²) >= 11 is 0. The lowest BCUT2D eigenvalue weighted by Gasteiger charge is -2.38. The lowest BCUT2D eigenvalue weighted by molar-refractivity contribution is -0.156. The Bertz CT molecular complexity index is 588. The summed E-state index contributed by atoms with van der Waals surface area (Å²) in [7, 11) is 0. The van der Waals surface area contributed by atoms with Crippen LogP contribution in [0.4, 0.5) is 0 Å². The number of carbonyl (C=O) groups is 2. The molecule has 0 spiro atoms. The monoisotopic (exact) mass is 319 g/mol. The minimum absolute atomic E-state index is 0.187. The molecule has 1 aromatic rings. The van der Waals surface area contributed by atoms with Crippen LogP contribution in [0.2, 0.25) is 0 Å². The standard InChI is InChI=1S/C18H25NO4/c1-13-8-4-5-9-14(13)18(10-6-3-7-11-18)15(20)19-12-17(2,23)16(21)22/h4-5,8-9,23H,3,6-7,10-12H2,1-2H3,(H,19,20)(H,21,22). The summed E-state index contributed by atoms with van der Waals surface area (Å²) in [6, 6.07) is 7.85. The Morgan fingerprint density at radius 3 is 2.39 bits per heavy atom. The van der Waals surface area contributed by atoms with Gasteiger partial charge in [0.05, 0.1) is 12.0 Å². The molecule has 0 saturated heterocycles. The molecule has 5 heteroatoms. The van der Waals surface area contributed by atoms with E-state index in [4.69, 9.17) is 5.11 Å². The summed E-state index contributed by atoms with van der Waals surface area (Å²) in [6.07, 6.45) is 4.54. The molecule has 1 aromatic carbocycles. The van der Waals surface area contributed by atoms with E-state index in [2.05, 4.69) is 5.32 Å². The van der Waals surface area contributed by atoms with Crippen molar-refractivity contribution in [2.45, 2.75) is 57.0 Å². The van der Waals surface area contributed by atoms with Crippen LogP contribution in [0.25, 0.3) is 0 Å². The van der Waals surface area contributed by atoms with Gasteiger partial charge in [0, 0.05) is 0 Å². The lowest BCUT2D eigenvalue weighted by atomic mass is 9.67. The molecule has 0 bridgehead atoms. The van der Waals surface area contributed by atoms with Crippen molar-refractivity contribution in [2.24, 2.45) is 0 Å². The molecule has 1 fully saturated rings. The van der Waals surface area contributed by atoms with Gasteiger partial charge in [0.25, 0.3) is 0 Å². The van der Waals surface area contributed by atoms with Crippen LogP contribution in [0, 0.1) is 6.92 Å². The molecule has 3 N–H and O–H groups in total. The van der Waals surface area contributed by atoms with Crippen LogP contribution in [0.15, 0.2) is 24.3 Å². The molecular weight excluding hydrogens is 294 g/mol. The smallest absolute Gasteiger partial charge is 0.337 e. The molecule has 1 saturated carbocycles. The molecule has 1 amide bonds. The third-order valence-electron chi connectivity index (χ3n) is 4.86. The summed E-state index contributed by atoms with van der Waals surface area (Å²) in [6.45, 7) is 2.89. The van der Waals surface area contributed by atoms with Crippen molar-refractivity contribution in [3.63, 3.8) is 0 Å². The molecule has 1 aliphatic rings. The van der Waals surface area contributed by atoms with Crippen LogP contribution in [-0.2, 0) is 15.0 Å². The molecule has 0 aromatic heterocycles. The highest BCUT2D eigenvalue weighted by atomic mass is 16.4. The molecule has 1 atom stereocenters. The van der Waals surface area contributed by atoms with Crippen molar-refractivity contribution in [3.05, 3.63) is 35.4 Å². The fourth-order valence-corrected chi connectivity index (χ4v) is 3.38. The van der Waals surface area contributed by atoms with Gasteiger partial charge in [0.1, 0.15) is 0 Å². The number of hydrogen-bond donors (Lipinski definition) is 3. The first-order chi connectivity index (χ1) is 10.8. The van der Waals surface area contributed by atoms with Crippen molar-refractivity contribution in [2.75, 3.05) is 6.54 Å². The van der Waals surface area contributed by atoms with E-state index in [1.165, 1.54) is 6.92 Å². The van der Waals surface area contributed by atoms with Gasteiger partial charge in [0.2, 0.25) is 5.91 Å². The summed E-state index contributed by atoms with van der Waals surface area (Å²) in [5.41, 5.74) is -0.517. The third-order valence-corrected chi connectivity index (χ3v) is 4.86. The van der Waals surface area contributed by atoms with E-state index in [1.54, 1.807) is 0 Å². The van der Waals surface area contributed by atoms with Gasteiger partial charge < -0.3 is 15.5 Å². The fourth-order valence-electron chi connectivity index (χ4n) is 3.38. The summed E-state index contributed by atoms with van der Waals surface area (Å²) < 4.78 is 0. The zero-order valence-corrected chi connectivity index (χ0v) is 13.8. The molecule has 2 rings (SSSR count). The molecule has 126 valence electrons. The van der Waals surface area contributed by atoms with Gasteiger partial charge in [0.15, 0.2) is 5.60 Å². The van der Waals surface area contributed by atoms with Gasteiger partial charge in [-0.1, -0.05) is 43.5 Å². The Morgan fingerprint density at radius 1 is 1.22 bits per heavy atom. The average molecular weight is 319 g/mol. The number of aliphatic hydroxyl groups is 1. The molecule has 0 heterocycles. The van der Waals surface area contributed by atoms with E-state index in [0.717, 1.165) is 43.2 Å².